The fourth-order valence-electron chi connectivity index (χ4n) is 7.42. The number of hydrogen-bond acceptors (Lipinski definition) is 0. The molecule has 0 fully saturated rings. The molecular weight excluding hydrogens is 553 g/mol. The lowest BCUT2D eigenvalue weighted by Gasteiger charge is -2.20. The SMILES string of the molecule is c1ccc(-c2ccc(-c3c4ccccc4c(-c4cc5ccccc5c5ccccc45)c4ccccc34)cc2-c2ccccc2)cc1. The number of fused-ring (bicyclic) bond motifs is 5. The van der Waals surface area contributed by atoms with Gasteiger partial charge in [0.25, 0.3) is 0 Å². The minimum atomic E-state index is 1.22. The summed E-state index contributed by atoms with van der Waals surface area (Å²) in [6, 6.07) is 66.5. The van der Waals surface area contributed by atoms with Crippen LogP contribution in [0, 0.1) is 0 Å². The topological polar surface area (TPSA) is 0 Å². The van der Waals surface area contributed by atoms with Gasteiger partial charge in [-0.1, -0.05) is 170 Å². The van der Waals surface area contributed by atoms with E-state index in [-0.39, 0.29) is 0 Å². The Morgan fingerprint density at radius 1 is 0.217 bits per heavy atom. The van der Waals surface area contributed by atoms with Gasteiger partial charge in [0.15, 0.2) is 0 Å². The molecule has 214 valence electrons. The van der Waals surface area contributed by atoms with E-state index in [4.69, 9.17) is 0 Å². The van der Waals surface area contributed by atoms with Crippen LogP contribution in [0.25, 0.3) is 87.6 Å². The normalized spacial score (nSPS) is 11.5. The van der Waals surface area contributed by atoms with E-state index in [1.807, 2.05) is 0 Å². The van der Waals surface area contributed by atoms with E-state index in [2.05, 4.69) is 182 Å². The van der Waals surface area contributed by atoms with Crippen molar-refractivity contribution in [3.05, 3.63) is 182 Å². The summed E-state index contributed by atoms with van der Waals surface area (Å²) in [4.78, 5) is 0. The van der Waals surface area contributed by atoms with E-state index >= 15 is 0 Å². The summed E-state index contributed by atoms with van der Waals surface area (Å²) in [7, 11) is 0. The zero-order valence-electron chi connectivity index (χ0n) is 25.3. The molecule has 0 aromatic heterocycles. The standard InChI is InChI=1S/C46H30/c1-3-15-31(16-4-1)36-28-27-34(30-43(36)32-17-5-2-6-18-32)45-39-23-11-13-25-41(39)46(42-26-14-12-24-40(42)45)44-29-33-19-7-8-20-35(33)37-21-9-10-22-38(37)44/h1-30H. The molecular formula is C46H30. The maximum atomic E-state index is 2.40. The van der Waals surface area contributed by atoms with Crippen molar-refractivity contribution < 1.29 is 0 Å². The van der Waals surface area contributed by atoms with Gasteiger partial charge in [-0.15, -0.1) is 0 Å². The van der Waals surface area contributed by atoms with E-state index in [9.17, 15) is 0 Å². The second-order valence-electron chi connectivity index (χ2n) is 12.0. The Morgan fingerprint density at radius 3 is 1.28 bits per heavy atom. The van der Waals surface area contributed by atoms with Crippen LogP contribution in [0.3, 0.4) is 0 Å². The van der Waals surface area contributed by atoms with Gasteiger partial charge in [-0.25, -0.2) is 0 Å². The minimum absolute atomic E-state index is 1.22. The second kappa shape index (κ2) is 10.9. The van der Waals surface area contributed by atoms with Gasteiger partial charge in [-0.05, 0) is 99.7 Å². The van der Waals surface area contributed by atoms with Gasteiger partial charge < -0.3 is 0 Å². The van der Waals surface area contributed by atoms with Gasteiger partial charge in [-0.2, -0.15) is 0 Å². The van der Waals surface area contributed by atoms with E-state index < -0.39 is 0 Å². The predicted molar refractivity (Wildman–Crippen MR) is 198 cm³/mol. The molecule has 0 unspecified atom stereocenters. The Balaban J connectivity index is 1.38. The highest BCUT2D eigenvalue weighted by Gasteiger charge is 2.20. The molecule has 0 atom stereocenters. The smallest absolute Gasteiger partial charge is 0.00199 e. The lowest BCUT2D eigenvalue weighted by molar-refractivity contribution is 1.58. The molecule has 0 radical (unpaired) electrons. The molecule has 0 N–H and O–H groups in total. The summed E-state index contributed by atoms with van der Waals surface area (Å²) in [5.41, 5.74) is 9.99. The summed E-state index contributed by atoms with van der Waals surface area (Å²) < 4.78 is 0. The molecule has 9 aromatic rings. The van der Waals surface area contributed by atoms with Crippen LogP contribution in [0.5, 0.6) is 0 Å². The minimum Gasteiger partial charge on any atom is -0.0622 e. The molecule has 0 spiro atoms. The van der Waals surface area contributed by atoms with Gasteiger partial charge in [0.05, 0.1) is 0 Å². The van der Waals surface area contributed by atoms with Gasteiger partial charge in [0.1, 0.15) is 0 Å². The van der Waals surface area contributed by atoms with Crippen molar-refractivity contribution >= 4 is 43.1 Å². The molecule has 0 heteroatoms. The molecule has 0 aliphatic rings. The number of rotatable bonds is 4. The zero-order valence-corrected chi connectivity index (χ0v) is 25.3. The van der Waals surface area contributed by atoms with Crippen molar-refractivity contribution in [1.29, 1.82) is 0 Å². The Hall–Kier alpha value is -5.98. The van der Waals surface area contributed by atoms with Crippen LogP contribution >= 0.6 is 0 Å². The highest BCUT2D eigenvalue weighted by atomic mass is 14.2. The van der Waals surface area contributed by atoms with Crippen LogP contribution in [0.1, 0.15) is 0 Å². The van der Waals surface area contributed by atoms with E-state index in [0.29, 0.717) is 0 Å². The maximum Gasteiger partial charge on any atom is -0.00199 e. The van der Waals surface area contributed by atoms with Crippen LogP contribution in [0.2, 0.25) is 0 Å². The van der Waals surface area contributed by atoms with Crippen molar-refractivity contribution in [1.82, 2.24) is 0 Å². The third-order valence-corrected chi connectivity index (χ3v) is 9.45. The van der Waals surface area contributed by atoms with Gasteiger partial charge in [0.2, 0.25) is 0 Å². The number of benzene rings is 9. The summed E-state index contributed by atoms with van der Waals surface area (Å²) in [6.07, 6.45) is 0. The van der Waals surface area contributed by atoms with Gasteiger partial charge in [0, 0.05) is 0 Å². The fourth-order valence-corrected chi connectivity index (χ4v) is 7.42. The van der Waals surface area contributed by atoms with Crippen molar-refractivity contribution in [2.75, 3.05) is 0 Å². The quantitative estimate of drug-likeness (QED) is 0.143. The lowest BCUT2D eigenvalue weighted by atomic mass is 9.83. The molecule has 46 heavy (non-hydrogen) atoms. The predicted octanol–water partition coefficient (Wildman–Crippen LogP) is 13.0. The molecule has 9 rings (SSSR count). The average molecular weight is 583 g/mol. The first kappa shape index (κ1) is 26.4. The zero-order chi connectivity index (χ0) is 30.5. The molecule has 9 aromatic carbocycles. The molecule has 0 saturated heterocycles. The molecule has 0 aliphatic carbocycles. The third kappa shape index (κ3) is 4.23. The van der Waals surface area contributed by atoms with Crippen LogP contribution < -0.4 is 0 Å². The van der Waals surface area contributed by atoms with Crippen LogP contribution in [0.4, 0.5) is 0 Å². The first-order chi connectivity index (χ1) is 22.8. The number of hydrogen-bond donors (Lipinski definition) is 0. The summed E-state index contributed by atoms with van der Waals surface area (Å²) in [6.45, 7) is 0. The first-order valence-electron chi connectivity index (χ1n) is 15.9. The summed E-state index contributed by atoms with van der Waals surface area (Å²) in [5.74, 6) is 0. The fraction of sp³-hybridized carbons (Fsp3) is 0. The van der Waals surface area contributed by atoms with Crippen LogP contribution in [0.15, 0.2) is 182 Å². The van der Waals surface area contributed by atoms with Crippen molar-refractivity contribution in [3.8, 4) is 44.5 Å². The summed E-state index contributed by atoms with van der Waals surface area (Å²) in [5, 5.41) is 10.2. The summed E-state index contributed by atoms with van der Waals surface area (Å²) >= 11 is 0. The Morgan fingerprint density at radius 2 is 0.674 bits per heavy atom. The van der Waals surface area contributed by atoms with Crippen LogP contribution in [-0.2, 0) is 0 Å². The first-order valence-corrected chi connectivity index (χ1v) is 15.9. The molecule has 0 saturated carbocycles. The van der Waals surface area contributed by atoms with E-state index in [0.717, 1.165) is 0 Å². The monoisotopic (exact) mass is 582 g/mol. The molecule has 0 aliphatic heterocycles. The van der Waals surface area contributed by atoms with Crippen molar-refractivity contribution in [2.24, 2.45) is 0 Å². The largest absolute Gasteiger partial charge is 0.0622 e. The Kier molecular flexibility index (Phi) is 6.25. The lowest BCUT2D eigenvalue weighted by Crippen LogP contribution is -1.93. The molecule has 0 bridgehead atoms. The average Bonchev–Trinajstić information content (AvgIpc) is 3.14. The van der Waals surface area contributed by atoms with Gasteiger partial charge in [-0.3, -0.25) is 0 Å². The van der Waals surface area contributed by atoms with Crippen molar-refractivity contribution in [3.63, 3.8) is 0 Å². The van der Waals surface area contributed by atoms with E-state index in [1.54, 1.807) is 0 Å². The Bertz CT molecular complexity index is 2500. The molecule has 0 nitrogen and oxygen atoms in total. The Labute approximate surface area is 268 Å². The second-order valence-corrected chi connectivity index (χ2v) is 12.0. The van der Waals surface area contributed by atoms with E-state index in [1.165, 1.54) is 87.6 Å². The highest BCUT2D eigenvalue weighted by molar-refractivity contribution is 6.25. The molecule has 0 heterocycles. The maximum absolute atomic E-state index is 2.40. The van der Waals surface area contributed by atoms with Crippen LogP contribution in [-0.4, -0.2) is 0 Å². The third-order valence-electron chi connectivity index (χ3n) is 9.45. The highest BCUT2D eigenvalue weighted by Crippen LogP contribution is 2.47. The van der Waals surface area contributed by atoms with Gasteiger partial charge >= 0.3 is 0 Å². The molecule has 0 amide bonds. The van der Waals surface area contributed by atoms with Crippen molar-refractivity contribution in [2.45, 2.75) is 0 Å².